The minimum Gasteiger partial charge on any atom is -0.367 e. The number of nitrogens with zero attached hydrogens (tertiary/aromatic N) is 3. The van der Waals surface area contributed by atoms with Gasteiger partial charge >= 0.3 is 0 Å². The number of hydrogen-bond acceptors (Lipinski definition) is 3. The number of unbranched alkanes of at least 4 members (excludes halogenated alkanes) is 1. The van der Waals surface area contributed by atoms with Crippen LogP contribution in [0.1, 0.15) is 49.4 Å². The Bertz CT molecular complexity index is 1180. The standard InChI is InChI=1S/C27H29N3O/c1-3-4-12-22-18-20(2)26(29-16-9-10-17-29)27(31)30(22)25-15-8-7-14-24(25)23-13-6-5-11-21(23)19-28/h5-8,11,13-15,18H,3-4,9-10,12,16-17H2,1-2H3. The number of hydrogen-bond donors (Lipinski definition) is 0. The summed E-state index contributed by atoms with van der Waals surface area (Å²) in [5.74, 6) is 0. The van der Waals surface area contributed by atoms with Crippen molar-refractivity contribution in [3.63, 3.8) is 0 Å². The first-order valence-corrected chi connectivity index (χ1v) is 11.2. The summed E-state index contributed by atoms with van der Waals surface area (Å²) in [7, 11) is 0. The van der Waals surface area contributed by atoms with Gasteiger partial charge in [0.2, 0.25) is 0 Å². The van der Waals surface area contributed by atoms with Crippen LogP contribution in [0.3, 0.4) is 0 Å². The van der Waals surface area contributed by atoms with Crippen LogP contribution in [0.25, 0.3) is 16.8 Å². The Morgan fingerprint density at radius 2 is 1.68 bits per heavy atom. The quantitative estimate of drug-likeness (QED) is 0.528. The van der Waals surface area contributed by atoms with Crippen LogP contribution in [0, 0.1) is 18.3 Å². The van der Waals surface area contributed by atoms with Crippen molar-refractivity contribution >= 4 is 5.69 Å². The van der Waals surface area contributed by atoms with Crippen LogP contribution in [0.15, 0.2) is 59.4 Å². The molecule has 31 heavy (non-hydrogen) atoms. The second-order valence-corrected chi connectivity index (χ2v) is 8.28. The number of aromatic nitrogens is 1. The first kappa shape index (κ1) is 20.9. The molecule has 4 rings (SSSR count). The zero-order valence-corrected chi connectivity index (χ0v) is 18.4. The molecule has 1 aliphatic heterocycles. The van der Waals surface area contributed by atoms with E-state index < -0.39 is 0 Å². The molecule has 1 aromatic heterocycles. The molecule has 0 saturated carbocycles. The summed E-state index contributed by atoms with van der Waals surface area (Å²) in [6, 6.07) is 20.1. The lowest BCUT2D eigenvalue weighted by Gasteiger charge is -2.24. The van der Waals surface area contributed by atoms with E-state index in [4.69, 9.17) is 0 Å². The van der Waals surface area contributed by atoms with Gasteiger partial charge in [-0.25, -0.2) is 0 Å². The van der Waals surface area contributed by atoms with Gasteiger partial charge in [0.05, 0.1) is 17.3 Å². The minimum absolute atomic E-state index is 0.0508. The molecule has 0 atom stereocenters. The second-order valence-electron chi connectivity index (χ2n) is 8.28. The molecular formula is C27H29N3O. The highest BCUT2D eigenvalue weighted by atomic mass is 16.1. The fourth-order valence-electron chi connectivity index (χ4n) is 4.63. The van der Waals surface area contributed by atoms with Crippen LogP contribution in [0.5, 0.6) is 0 Å². The molecule has 2 heterocycles. The van der Waals surface area contributed by atoms with Crippen molar-refractivity contribution in [1.82, 2.24) is 4.57 Å². The zero-order chi connectivity index (χ0) is 21.8. The summed E-state index contributed by atoms with van der Waals surface area (Å²) in [6.07, 6.45) is 5.20. The zero-order valence-electron chi connectivity index (χ0n) is 18.4. The van der Waals surface area contributed by atoms with Gasteiger partial charge in [-0.15, -0.1) is 0 Å². The third-order valence-electron chi connectivity index (χ3n) is 6.14. The number of nitriles is 1. The number of benzene rings is 2. The molecule has 1 aliphatic rings. The molecule has 0 radical (unpaired) electrons. The van der Waals surface area contributed by atoms with E-state index in [-0.39, 0.29) is 5.56 Å². The van der Waals surface area contributed by atoms with Crippen LogP contribution >= 0.6 is 0 Å². The lowest BCUT2D eigenvalue weighted by Crippen LogP contribution is -2.32. The number of anilines is 1. The Balaban J connectivity index is 1.99. The van der Waals surface area contributed by atoms with Gasteiger partial charge < -0.3 is 4.90 Å². The van der Waals surface area contributed by atoms with Gasteiger partial charge in [0, 0.05) is 29.9 Å². The van der Waals surface area contributed by atoms with E-state index >= 15 is 0 Å². The van der Waals surface area contributed by atoms with Crippen LogP contribution in [0.4, 0.5) is 5.69 Å². The Kier molecular flexibility index (Phi) is 6.23. The normalized spacial score (nSPS) is 13.4. The summed E-state index contributed by atoms with van der Waals surface area (Å²) in [4.78, 5) is 16.2. The minimum atomic E-state index is 0.0508. The molecule has 0 aliphatic carbocycles. The van der Waals surface area contributed by atoms with Crippen LogP contribution in [-0.4, -0.2) is 17.7 Å². The predicted octanol–water partition coefficient (Wildman–Crippen LogP) is 5.63. The number of pyridine rings is 1. The molecule has 1 fully saturated rings. The number of rotatable bonds is 6. The molecule has 4 heteroatoms. The van der Waals surface area contributed by atoms with E-state index in [2.05, 4.69) is 30.9 Å². The summed E-state index contributed by atoms with van der Waals surface area (Å²) in [5.41, 5.74) is 6.20. The van der Waals surface area contributed by atoms with Crippen molar-refractivity contribution in [2.75, 3.05) is 18.0 Å². The average molecular weight is 412 g/mol. The largest absolute Gasteiger partial charge is 0.367 e. The molecule has 4 nitrogen and oxygen atoms in total. The predicted molar refractivity (Wildman–Crippen MR) is 127 cm³/mol. The van der Waals surface area contributed by atoms with Gasteiger partial charge in [-0.2, -0.15) is 5.26 Å². The molecule has 0 bridgehead atoms. The number of aryl methyl sites for hydroxylation is 2. The van der Waals surface area contributed by atoms with E-state index in [1.165, 1.54) is 0 Å². The molecule has 158 valence electrons. The summed E-state index contributed by atoms with van der Waals surface area (Å²) in [5, 5.41) is 9.67. The van der Waals surface area contributed by atoms with E-state index in [1.54, 1.807) is 0 Å². The molecule has 0 spiro atoms. The average Bonchev–Trinajstić information content (AvgIpc) is 3.32. The molecule has 2 aromatic carbocycles. The Hall–Kier alpha value is -3.32. The van der Waals surface area contributed by atoms with Crippen molar-refractivity contribution in [1.29, 1.82) is 5.26 Å². The van der Waals surface area contributed by atoms with Gasteiger partial charge in [-0.3, -0.25) is 9.36 Å². The highest BCUT2D eigenvalue weighted by molar-refractivity contribution is 5.78. The smallest absolute Gasteiger partial charge is 0.279 e. The van der Waals surface area contributed by atoms with Gasteiger partial charge in [0.25, 0.3) is 5.56 Å². The Morgan fingerprint density at radius 1 is 1.00 bits per heavy atom. The topological polar surface area (TPSA) is 49.0 Å². The molecule has 3 aromatic rings. The first-order valence-electron chi connectivity index (χ1n) is 11.2. The Labute approximate surface area is 184 Å². The molecule has 0 unspecified atom stereocenters. The van der Waals surface area contributed by atoms with Crippen LogP contribution < -0.4 is 10.5 Å². The van der Waals surface area contributed by atoms with E-state index in [0.29, 0.717) is 5.56 Å². The summed E-state index contributed by atoms with van der Waals surface area (Å²) < 4.78 is 1.90. The fourth-order valence-corrected chi connectivity index (χ4v) is 4.63. The highest BCUT2D eigenvalue weighted by Gasteiger charge is 2.23. The van der Waals surface area contributed by atoms with Crippen LogP contribution in [0.2, 0.25) is 0 Å². The SMILES string of the molecule is CCCCc1cc(C)c(N2CCCC2)c(=O)n1-c1ccccc1-c1ccccc1C#N. The van der Waals surface area contributed by atoms with Crippen LogP contribution in [-0.2, 0) is 6.42 Å². The van der Waals surface area contributed by atoms with Crippen molar-refractivity contribution < 1.29 is 0 Å². The molecule has 0 N–H and O–H groups in total. The van der Waals surface area contributed by atoms with Gasteiger partial charge in [-0.05, 0) is 56.4 Å². The van der Waals surface area contributed by atoms with Crippen molar-refractivity contribution in [3.8, 4) is 22.9 Å². The third kappa shape index (κ3) is 4.01. The van der Waals surface area contributed by atoms with Gasteiger partial charge in [0.1, 0.15) is 5.69 Å². The van der Waals surface area contributed by atoms with Crippen molar-refractivity contribution in [2.24, 2.45) is 0 Å². The lowest BCUT2D eigenvalue weighted by atomic mass is 9.98. The lowest BCUT2D eigenvalue weighted by molar-refractivity contribution is 0.740. The highest BCUT2D eigenvalue weighted by Crippen LogP contribution is 2.31. The summed E-state index contributed by atoms with van der Waals surface area (Å²) >= 11 is 0. The first-order chi connectivity index (χ1) is 15.2. The Morgan fingerprint density at radius 3 is 2.39 bits per heavy atom. The third-order valence-corrected chi connectivity index (χ3v) is 6.14. The van der Waals surface area contributed by atoms with Crippen molar-refractivity contribution in [3.05, 3.63) is 81.8 Å². The van der Waals surface area contributed by atoms with Gasteiger partial charge in [-0.1, -0.05) is 49.7 Å². The van der Waals surface area contributed by atoms with E-state index in [1.807, 2.05) is 53.1 Å². The maximum Gasteiger partial charge on any atom is 0.279 e. The maximum absolute atomic E-state index is 14.0. The van der Waals surface area contributed by atoms with Gasteiger partial charge in [0.15, 0.2) is 0 Å². The molecular weight excluding hydrogens is 382 g/mol. The molecule has 1 saturated heterocycles. The summed E-state index contributed by atoms with van der Waals surface area (Å²) in [6.45, 7) is 6.10. The second kappa shape index (κ2) is 9.22. The monoisotopic (exact) mass is 411 g/mol. The molecule has 0 amide bonds. The van der Waals surface area contributed by atoms with E-state index in [9.17, 15) is 10.1 Å². The fraction of sp³-hybridized carbons (Fsp3) is 0.333. The number of para-hydroxylation sites is 1. The maximum atomic E-state index is 14.0. The van der Waals surface area contributed by atoms with Crippen molar-refractivity contribution in [2.45, 2.75) is 46.0 Å². The van der Waals surface area contributed by atoms with E-state index in [0.717, 1.165) is 79.0 Å².